The third kappa shape index (κ3) is 7.68. The molecule has 176 valence electrons. The van der Waals surface area contributed by atoms with Crippen molar-refractivity contribution < 1.29 is 17.9 Å². The van der Waals surface area contributed by atoms with Crippen molar-refractivity contribution in [3.05, 3.63) is 24.3 Å². The fraction of sp³-hybridized carbons (Fsp3) is 0.696. The van der Waals surface area contributed by atoms with Crippen molar-refractivity contribution in [2.75, 3.05) is 19.1 Å². The van der Waals surface area contributed by atoms with Gasteiger partial charge in [-0.05, 0) is 97.4 Å². The Bertz CT molecular complexity index is 832. The van der Waals surface area contributed by atoms with Crippen molar-refractivity contribution in [1.82, 2.24) is 10.2 Å². The number of amides is 1. The van der Waals surface area contributed by atoms with Gasteiger partial charge in [-0.15, -0.1) is 11.8 Å². The van der Waals surface area contributed by atoms with E-state index < -0.39 is 21.5 Å². The lowest BCUT2D eigenvalue weighted by molar-refractivity contribution is 0.0438. The standard InChI is InChI=1S/C23H38N2O4S2/c1-16(2)25(6)18-8-13-21(24-22(26)29-23(3,4)5)17(14-18)15-31(27,28)20-11-9-19(30-7)10-12-20/h9-12,16-18,21H,8,13-15H2,1-7H3,(H,24,26). The van der Waals surface area contributed by atoms with E-state index in [1.807, 2.05) is 39.2 Å². The van der Waals surface area contributed by atoms with Crippen LogP contribution in [0.15, 0.2) is 34.1 Å². The average molecular weight is 471 g/mol. The summed E-state index contributed by atoms with van der Waals surface area (Å²) in [7, 11) is -1.39. The van der Waals surface area contributed by atoms with Gasteiger partial charge in [-0.2, -0.15) is 0 Å². The van der Waals surface area contributed by atoms with Crippen LogP contribution < -0.4 is 5.32 Å². The lowest BCUT2D eigenvalue weighted by Gasteiger charge is -2.41. The van der Waals surface area contributed by atoms with Gasteiger partial charge < -0.3 is 15.0 Å². The summed E-state index contributed by atoms with van der Waals surface area (Å²) < 4.78 is 31.8. The molecule has 31 heavy (non-hydrogen) atoms. The monoisotopic (exact) mass is 470 g/mol. The Hall–Kier alpha value is -1.25. The maximum Gasteiger partial charge on any atom is 0.407 e. The van der Waals surface area contributed by atoms with Crippen molar-refractivity contribution >= 4 is 27.7 Å². The lowest BCUT2D eigenvalue weighted by Crippen LogP contribution is -2.51. The van der Waals surface area contributed by atoms with Crippen LogP contribution in [0.5, 0.6) is 0 Å². The summed E-state index contributed by atoms with van der Waals surface area (Å²) >= 11 is 1.58. The van der Waals surface area contributed by atoms with E-state index >= 15 is 0 Å². The zero-order chi connectivity index (χ0) is 23.4. The van der Waals surface area contributed by atoms with E-state index in [4.69, 9.17) is 4.74 Å². The summed E-state index contributed by atoms with van der Waals surface area (Å²) in [4.78, 5) is 16.1. The highest BCUT2D eigenvalue weighted by atomic mass is 32.2. The molecule has 8 heteroatoms. The Morgan fingerprint density at radius 2 is 1.84 bits per heavy atom. The third-order valence-corrected chi connectivity index (χ3v) is 8.50. The van der Waals surface area contributed by atoms with Gasteiger partial charge in [0.1, 0.15) is 5.60 Å². The zero-order valence-corrected chi connectivity index (χ0v) is 21.5. The van der Waals surface area contributed by atoms with E-state index in [9.17, 15) is 13.2 Å². The molecule has 0 radical (unpaired) electrons. The summed E-state index contributed by atoms with van der Waals surface area (Å²) in [6.07, 6.45) is 3.83. The number of hydrogen-bond acceptors (Lipinski definition) is 6. The predicted molar refractivity (Wildman–Crippen MR) is 127 cm³/mol. The molecule has 1 aliphatic carbocycles. The van der Waals surface area contributed by atoms with Gasteiger partial charge >= 0.3 is 6.09 Å². The molecule has 3 atom stereocenters. The Kier molecular flexibility index (Phi) is 8.87. The van der Waals surface area contributed by atoms with Gasteiger partial charge in [0, 0.05) is 23.0 Å². The fourth-order valence-corrected chi connectivity index (χ4v) is 6.11. The Morgan fingerprint density at radius 1 is 1.23 bits per heavy atom. The molecule has 1 aromatic rings. The smallest absolute Gasteiger partial charge is 0.407 e. The summed E-state index contributed by atoms with van der Waals surface area (Å²) in [6, 6.07) is 7.46. The van der Waals surface area contributed by atoms with Gasteiger partial charge in [0.15, 0.2) is 9.84 Å². The molecule has 3 unspecified atom stereocenters. The number of hydrogen-bond donors (Lipinski definition) is 1. The normalized spacial score (nSPS) is 22.5. The number of nitrogens with one attached hydrogen (secondary N) is 1. The lowest BCUT2D eigenvalue weighted by atomic mass is 9.81. The molecule has 1 saturated carbocycles. The molecule has 1 N–H and O–H groups in total. The number of alkyl carbamates (subject to hydrolysis) is 1. The van der Waals surface area contributed by atoms with Gasteiger partial charge in [0.05, 0.1) is 10.6 Å². The first-order chi connectivity index (χ1) is 14.3. The molecule has 0 aliphatic heterocycles. The molecule has 0 aromatic heterocycles. The van der Waals surface area contributed by atoms with Crippen LogP contribution in [0.1, 0.15) is 53.9 Å². The first kappa shape index (κ1) is 26.0. The predicted octanol–water partition coefficient (Wildman–Crippen LogP) is 4.58. The summed E-state index contributed by atoms with van der Waals surface area (Å²) in [6.45, 7) is 9.75. The molecular weight excluding hydrogens is 432 g/mol. The third-order valence-electron chi connectivity index (χ3n) is 5.90. The van der Waals surface area contributed by atoms with Crippen LogP contribution in [0.2, 0.25) is 0 Å². The van der Waals surface area contributed by atoms with Gasteiger partial charge in [0.2, 0.25) is 0 Å². The molecule has 6 nitrogen and oxygen atoms in total. The van der Waals surface area contributed by atoms with E-state index in [2.05, 4.69) is 31.1 Å². The van der Waals surface area contributed by atoms with Crippen LogP contribution in [0.25, 0.3) is 0 Å². The van der Waals surface area contributed by atoms with Gasteiger partial charge in [-0.3, -0.25) is 0 Å². The van der Waals surface area contributed by atoms with Crippen molar-refractivity contribution in [2.45, 2.75) is 87.4 Å². The summed E-state index contributed by atoms with van der Waals surface area (Å²) in [5.41, 5.74) is -0.597. The number of carbonyl (C=O) groups is 1. The number of rotatable bonds is 7. The molecule has 0 spiro atoms. The Labute approximate surface area is 192 Å². The van der Waals surface area contributed by atoms with E-state index in [-0.39, 0.29) is 23.8 Å². The zero-order valence-electron chi connectivity index (χ0n) is 19.8. The van der Waals surface area contributed by atoms with Crippen LogP contribution >= 0.6 is 11.8 Å². The number of sulfone groups is 1. The van der Waals surface area contributed by atoms with Crippen molar-refractivity contribution in [2.24, 2.45) is 5.92 Å². The molecule has 0 saturated heterocycles. The number of benzene rings is 1. The van der Waals surface area contributed by atoms with Gasteiger partial charge in [0.25, 0.3) is 0 Å². The van der Waals surface area contributed by atoms with Gasteiger partial charge in [-0.25, -0.2) is 13.2 Å². The van der Waals surface area contributed by atoms with Crippen LogP contribution in [0.3, 0.4) is 0 Å². The minimum atomic E-state index is -3.48. The summed E-state index contributed by atoms with van der Waals surface area (Å²) in [5, 5.41) is 2.96. The van der Waals surface area contributed by atoms with Crippen molar-refractivity contribution in [1.29, 1.82) is 0 Å². The molecule has 1 amide bonds. The first-order valence-electron chi connectivity index (χ1n) is 10.9. The first-order valence-corrected chi connectivity index (χ1v) is 13.8. The highest BCUT2D eigenvalue weighted by molar-refractivity contribution is 7.98. The molecule has 1 fully saturated rings. The molecule has 1 aromatic carbocycles. The molecular formula is C23H38N2O4S2. The van der Waals surface area contributed by atoms with Crippen LogP contribution in [0.4, 0.5) is 4.79 Å². The van der Waals surface area contributed by atoms with Crippen LogP contribution in [-0.2, 0) is 14.6 Å². The average Bonchev–Trinajstić information content (AvgIpc) is 2.67. The largest absolute Gasteiger partial charge is 0.444 e. The van der Waals surface area contributed by atoms with Crippen LogP contribution in [0, 0.1) is 5.92 Å². The van der Waals surface area contributed by atoms with E-state index in [1.165, 1.54) is 0 Å². The highest BCUT2D eigenvalue weighted by Crippen LogP contribution is 2.32. The van der Waals surface area contributed by atoms with E-state index in [0.717, 1.165) is 24.2 Å². The maximum atomic E-state index is 13.2. The summed E-state index contributed by atoms with van der Waals surface area (Å²) in [5.74, 6) is -0.174. The second-order valence-electron chi connectivity index (χ2n) is 9.70. The number of nitrogens with zero attached hydrogens (tertiary/aromatic N) is 1. The Balaban J connectivity index is 2.22. The Morgan fingerprint density at radius 3 is 2.35 bits per heavy atom. The van der Waals surface area contributed by atoms with E-state index in [0.29, 0.717) is 10.9 Å². The molecule has 0 heterocycles. The number of carbonyl (C=O) groups excluding carboxylic acids is 1. The maximum absolute atomic E-state index is 13.2. The fourth-order valence-electron chi connectivity index (χ4n) is 4.03. The molecule has 1 aliphatic rings. The second-order valence-corrected chi connectivity index (χ2v) is 12.6. The number of thioether (sulfide) groups is 1. The van der Waals surface area contributed by atoms with Gasteiger partial charge in [-0.1, -0.05) is 0 Å². The minimum absolute atomic E-state index is 0.00845. The molecule has 2 rings (SSSR count). The minimum Gasteiger partial charge on any atom is -0.444 e. The van der Waals surface area contributed by atoms with E-state index in [1.54, 1.807) is 23.9 Å². The number of ether oxygens (including phenoxy) is 1. The molecule has 0 bridgehead atoms. The highest BCUT2D eigenvalue weighted by Gasteiger charge is 2.37. The van der Waals surface area contributed by atoms with Crippen LogP contribution in [-0.4, -0.2) is 62.2 Å². The van der Waals surface area contributed by atoms with Crippen molar-refractivity contribution in [3.8, 4) is 0 Å². The topological polar surface area (TPSA) is 75.7 Å². The van der Waals surface area contributed by atoms with Crippen molar-refractivity contribution in [3.63, 3.8) is 0 Å². The second kappa shape index (κ2) is 10.6. The SMILES string of the molecule is CSc1ccc(S(=O)(=O)CC2CC(N(C)C(C)C)CCC2NC(=O)OC(C)(C)C)cc1. The quantitative estimate of drug-likeness (QED) is 0.588.